The lowest BCUT2D eigenvalue weighted by Gasteiger charge is -1.93. The van der Waals surface area contributed by atoms with E-state index in [0.29, 0.717) is 0 Å². The Balaban J connectivity index is 2.24. The van der Waals surface area contributed by atoms with Gasteiger partial charge in [-0.3, -0.25) is 0 Å². The van der Waals surface area contributed by atoms with Crippen LogP contribution in [0.5, 0.6) is 0 Å². The van der Waals surface area contributed by atoms with Crippen LogP contribution in [0.15, 0.2) is 23.8 Å². The van der Waals surface area contributed by atoms with E-state index in [1.54, 1.807) is 0 Å². The number of carbonyl (C=O) groups excluding carboxylic acids is 1. The molecule has 66 valence electrons. The van der Waals surface area contributed by atoms with Crippen molar-refractivity contribution >= 4 is 5.97 Å². The van der Waals surface area contributed by atoms with Crippen LogP contribution in [0.2, 0.25) is 0 Å². The van der Waals surface area contributed by atoms with Crippen molar-refractivity contribution in [3.8, 4) is 0 Å². The molecule has 0 aromatic rings. The van der Waals surface area contributed by atoms with Gasteiger partial charge >= 0.3 is 5.97 Å². The van der Waals surface area contributed by atoms with Crippen molar-refractivity contribution in [3.05, 3.63) is 23.8 Å². The SMILES string of the molecule is COC(=O)/C=C/CC1=CCCC1. The minimum Gasteiger partial charge on any atom is -0.466 e. The minimum absolute atomic E-state index is 0.270. The maximum absolute atomic E-state index is 10.7. The molecule has 0 bridgehead atoms. The summed E-state index contributed by atoms with van der Waals surface area (Å²) in [5.74, 6) is -0.270. The molecule has 0 saturated carbocycles. The van der Waals surface area contributed by atoms with Gasteiger partial charge in [0.25, 0.3) is 0 Å². The molecule has 0 saturated heterocycles. The smallest absolute Gasteiger partial charge is 0.330 e. The van der Waals surface area contributed by atoms with E-state index < -0.39 is 0 Å². The fraction of sp³-hybridized carbons (Fsp3) is 0.500. The van der Waals surface area contributed by atoms with E-state index in [0.717, 1.165) is 6.42 Å². The first-order valence-electron chi connectivity index (χ1n) is 4.25. The molecule has 0 radical (unpaired) electrons. The van der Waals surface area contributed by atoms with Gasteiger partial charge in [-0.1, -0.05) is 17.7 Å². The summed E-state index contributed by atoms with van der Waals surface area (Å²) in [7, 11) is 1.39. The minimum atomic E-state index is -0.270. The third-order valence-corrected chi connectivity index (χ3v) is 1.97. The Morgan fingerprint density at radius 1 is 1.75 bits per heavy atom. The molecule has 1 aliphatic rings. The molecule has 0 aromatic carbocycles. The summed E-state index contributed by atoms with van der Waals surface area (Å²) in [6.45, 7) is 0. The zero-order valence-electron chi connectivity index (χ0n) is 7.38. The van der Waals surface area contributed by atoms with Gasteiger partial charge in [0.05, 0.1) is 7.11 Å². The van der Waals surface area contributed by atoms with Gasteiger partial charge in [-0.15, -0.1) is 0 Å². The van der Waals surface area contributed by atoms with Crippen LogP contribution in [0.4, 0.5) is 0 Å². The molecule has 0 aromatic heterocycles. The van der Waals surface area contributed by atoms with Crippen molar-refractivity contribution in [2.75, 3.05) is 7.11 Å². The molecule has 2 heteroatoms. The Labute approximate surface area is 72.9 Å². The highest BCUT2D eigenvalue weighted by Crippen LogP contribution is 2.20. The standard InChI is InChI=1S/C10H14O2/c1-12-10(11)8-4-7-9-5-2-3-6-9/h4-5,8H,2-3,6-7H2,1H3/b8-4+. The Morgan fingerprint density at radius 3 is 3.17 bits per heavy atom. The van der Waals surface area contributed by atoms with E-state index in [4.69, 9.17) is 0 Å². The Morgan fingerprint density at radius 2 is 2.58 bits per heavy atom. The molecular formula is C10H14O2. The maximum Gasteiger partial charge on any atom is 0.330 e. The molecule has 12 heavy (non-hydrogen) atoms. The first-order chi connectivity index (χ1) is 5.83. The van der Waals surface area contributed by atoms with Crippen molar-refractivity contribution in [1.82, 2.24) is 0 Å². The predicted octanol–water partition coefficient (Wildman–Crippen LogP) is 2.22. The molecule has 0 spiro atoms. The van der Waals surface area contributed by atoms with E-state index in [2.05, 4.69) is 10.8 Å². The lowest BCUT2D eigenvalue weighted by molar-refractivity contribution is -0.134. The summed E-state index contributed by atoms with van der Waals surface area (Å²) >= 11 is 0. The van der Waals surface area contributed by atoms with Crippen LogP contribution in [0.1, 0.15) is 25.7 Å². The normalized spacial score (nSPS) is 16.6. The molecule has 0 amide bonds. The zero-order valence-corrected chi connectivity index (χ0v) is 7.38. The average Bonchev–Trinajstić information content (AvgIpc) is 2.57. The molecule has 2 nitrogen and oxygen atoms in total. The van der Waals surface area contributed by atoms with Gasteiger partial charge in [-0.2, -0.15) is 0 Å². The van der Waals surface area contributed by atoms with Crippen molar-refractivity contribution in [3.63, 3.8) is 0 Å². The summed E-state index contributed by atoms with van der Waals surface area (Å²) in [5.41, 5.74) is 1.44. The van der Waals surface area contributed by atoms with Gasteiger partial charge in [-0.05, 0) is 25.7 Å². The summed E-state index contributed by atoms with van der Waals surface area (Å²) < 4.78 is 4.47. The lowest BCUT2D eigenvalue weighted by Crippen LogP contribution is -1.93. The van der Waals surface area contributed by atoms with E-state index in [-0.39, 0.29) is 5.97 Å². The van der Waals surface area contributed by atoms with E-state index in [9.17, 15) is 4.79 Å². The Kier molecular flexibility index (Phi) is 3.58. The van der Waals surface area contributed by atoms with Crippen molar-refractivity contribution in [2.45, 2.75) is 25.7 Å². The molecule has 0 unspecified atom stereocenters. The number of carbonyl (C=O) groups is 1. The van der Waals surface area contributed by atoms with Crippen LogP contribution in [0, 0.1) is 0 Å². The molecular weight excluding hydrogens is 152 g/mol. The third-order valence-electron chi connectivity index (χ3n) is 1.97. The van der Waals surface area contributed by atoms with Crippen LogP contribution < -0.4 is 0 Å². The van der Waals surface area contributed by atoms with Gasteiger partial charge in [-0.25, -0.2) is 4.79 Å². The molecule has 1 rings (SSSR count). The maximum atomic E-state index is 10.7. The molecule has 0 N–H and O–H groups in total. The predicted molar refractivity (Wildman–Crippen MR) is 47.7 cm³/mol. The number of allylic oxidation sites excluding steroid dienone is 3. The Hall–Kier alpha value is -1.05. The number of methoxy groups -OCH3 is 1. The van der Waals surface area contributed by atoms with Crippen LogP contribution in [-0.4, -0.2) is 13.1 Å². The van der Waals surface area contributed by atoms with Crippen LogP contribution >= 0.6 is 0 Å². The number of rotatable bonds is 3. The lowest BCUT2D eigenvalue weighted by atomic mass is 10.1. The summed E-state index contributed by atoms with van der Waals surface area (Å²) in [5, 5.41) is 0. The molecule has 1 aliphatic carbocycles. The summed E-state index contributed by atoms with van der Waals surface area (Å²) in [4.78, 5) is 10.7. The second-order valence-electron chi connectivity index (χ2n) is 2.88. The quantitative estimate of drug-likeness (QED) is 0.365. The summed E-state index contributed by atoms with van der Waals surface area (Å²) in [6.07, 6.45) is 10.1. The molecule has 0 atom stereocenters. The zero-order chi connectivity index (χ0) is 8.81. The second-order valence-corrected chi connectivity index (χ2v) is 2.88. The first-order valence-corrected chi connectivity index (χ1v) is 4.25. The first kappa shape index (κ1) is 9.04. The van der Waals surface area contributed by atoms with Crippen molar-refractivity contribution in [1.29, 1.82) is 0 Å². The molecule has 0 aliphatic heterocycles. The van der Waals surface area contributed by atoms with Gasteiger partial charge in [0.2, 0.25) is 0 Å². The van der Waals surface area contributed by atoms with Gasteiger partial charge in [0.15, 0.2) is 0 Å². The third kappa shape index (κ3) is 2.91. The van der Waals surface area contributed by atoms with Crippen molar-refractivity contribution in [2.24, 2.45) is 0 Å². The largest absolute Gasteiger partial charge is 0.466 e. The molecule has 0 heterocycles. The van der Waals surface area contributed by atoms with Crippen LogP contribution in [0.25, 0.3) is 0 Å². The van der Waals surface area contributed by atoms with Crippen molar-refractivity contribution < 1.29 is 9.53 Å². The highest BCUT2D eigenvalue weighted by atomic mass is 16.5. The number of ether oxygens (including phenoxy) is 1. The average molecular weight is 166 g/mol. The topological polar surface area (TPSA) is 26.3 Å². The fourth-order valence-electron chi connectivity index (χ4n) is 1.30. The summed E-state index contributed by atoms with van der Waals surface area (Å²) in [6, 6.07) is 0. The fourth-order valence-corrected chi connectivity index (χ4v) is 1.30. The monoisotopic (exact) mass is 166 g/mol. The van der Waals surface area contributed by atoms with E-state index in [1.165, 1.54) is 38.0 Å². The van der Waals surface area contributed by atoms with Gasteiger partial charge in [0.1, 0.15) is 0 Å². The van der Waals surface area contributed by atoms with Crippen LogP contribution in [0.3, 0.4) is 0 Å². The van der Waals surface area contributed by atoms with Gasteiger partial charge < -0.3 is 4.74 Å². The highest BCUT2D eigenvalue weighted by molar-refractivity contribution is 5.81. The number of esters is 1. The van der Waals surface area contributed by atoms with Crippen LogP contribution in [-0.2, 0) is 9.53 Å². The second kappa shape index (κ2) is 4.75. The number of hydrogen-bond acceptors (Lipinski definition) is 2. The van der Waals surface area contributed by atoms with Gasteiger partial charge in [0, 0.05) is 6.08 Å². The van der Waals surface area contributed by atoms with E-state index >= 15 is 0 Å². The van der Waals surface area contributed by atoms with E-state index in [1.807, 2.05) is 6.08 Å². The molecule has 0 fully saturated rings. The number of hydrogen-bond donors (Lipinski definition) is 0. The Bertz CT molecular complexity index is 214. The highest BCUT2D eigenvalue weighted by Gasteiger charge is 2.01.